The molecule has 0 radical (unpaired) electrons. The highest BCUT2D eigenvalue weighted by molar-refractivity contribution is 6.91. The van der Waals surface area contributed by atoms with Crippen LogP contribution in [-0.4, -0.2) is 31.2 Å². The van der Waals surface area contributed by atoms with E-state index in [1.165, 1.54) is 0 Å². The van der Waals surface area contributed by atoms with E-state index in [0.29, 0.717) is 18.3 Å². The summed E-state index contributed by atoms with van der Waals surface area (Å²) in [5.41, 5.74) is 1.28. The zero-order valence-corrected chi connectivity index (χ0v) is 18.5. The van der Waals surface area contributed by atoms with E-state index >= 15 is 0 Å². The van der Waals surface area contributed by atoms with Gasteiger partial charge in [0.2, 0.25) is 0 Å². The number of aliphatic imine (C=N–C) groups is 1. The molecule has 1 aliphatic heterocycles. The van der Waals surface area contributed by atoms with Crippen molar-refractivity contribution in [3.63, 3.8) is 0 Å². The van der Waals surface area contributed by atoms with E-state index in [0.717, 1.165) is 16.5 Å². The first-order valence-electron chi connectivity index (χ1n) is 9.53. The Hall–Kier alpha value is -1.85. The molecule has 27 heavy (non-hydrogen) atoms. The molecular formula is C22H31NO3Si. The summed E-state index contributed by atoms with van der Waals surface area (Å²) in [7, 11) is -1.91. The lowest BCUT2D eigenvalue weighted by molar-refractivity contribution is 0.217. The lowest BCUT2D eigenvalue weighted by Crippen LogP contribution is -2.48. The summed E-state index contributed by atoms with van der Waals surface area (Å²) < 4.78 is 12.2. The van der Waals surface area contributed by atoms with Gasteiger partial charge in [-0.2, -0.15) is 0 Å². The number of aliphatic hydroxyl groups is 1. The molecule has 0 saturated carbocycles. The van der Waals surface area contributed by atoms with Gasteiger partial charge in [0.1, 0.15) is 20.8 Å². The van der Waals surface area contributed by atoms with Gasteiger partial charge in [0.15, 0.2) is 5.76 Å². The maximum absolute atomic E-state index is 11.1. The van der Waals surface area contributed by atoms with E-state index in [4.69, 9.17) is 9.15 Å². The van der Waals surface area contributed by atoms with Gasteiger partial charge >= 0.3 is 0 Å². The van der Waals surface area contributed by atoms with Crippen molar-refractivity contribution in [3.05, 3.63) is 53.3 Å². The summed E-state index contributed by atoms with van der Waals surface area (Å²) in [4.78, 5) is 4.69. The van der Waals surface area contributed by atoms with Gasteiger partial charge in [-0.15, -0.1) is 0 Å². The lowest BCUT2D eigenvalue weighted by Gasteiger charge is -2.34. The molecule has 0 fully saturated rings. The van der Waals surface area contributed by atoms with Crippen LogP contribution in [0.25, 0.3) is 0 Å². The summed E-state index contributed by atoms with van der Waals surface area (Å²) in [6.45, 7) is 15.9. The highest BCUT2D eigenvalue weighted by Gasteiger charge is 2.42. The molecule has 1 unspecified atom stereocenters. The molecule has 1 aromatic carbocycles. The van der Waals surface area contributed by atoms with Gasteiger partial charge < -0.3 is 14.3 Å². The Morgan fingerprint density at radius 1 is 1.15 bits per heavy atom. The van der Waals surface area contributed by atoms with Crippen LogP contribution in [0.4, 0.5) is 0 Å². The van der Waals surface area contributed by atoms with Gasteiger partial charge in [0.25, 0.3) is 5.90 Å². The summed E-state index contributed by atoms with van der Waals surface area (Å²) >= 11 is 0. The molecule has 2 heterocycles. The Balaban J connectivity index is 2.14. The highest BCUT2D eigenvalue weighted by atomic mass is 28.3. The van der Waals surface area contributed by atoms with Crippen molar-refractivity contribution in [2.45, 2.75) is 64.4 Å². The van der Waals surface area contributed by atoms with Crippen molar-refractivity contribution in [2.75, 3.05) is 6.61 Å². The van der Waals surface area contributed by atoms with Crippen LogP contribution in [0.5, 0.6) is 0 Å². The maximum Gasteiger partial charge on any atom is 0.254 e. The van der Waals surface area contributed by atoms with Crippen molar-refractivity contribution >= 4 is 19.4 Å². The predicted molar refractivity (Wildman–Crippen MR) is 113 cm³/mol. The van der Waals surface area contributed by atoms with Gasteiger partial charge in [-0.05, 0) is 30.5 Å². The van der Waals surface area contributed by atoms with Crippen LogP contribution in [0.3, 0.4) is 0 Å². The van der Waals surface area contributed by atoms with Crippen LogP contribution in [0.2, 0.25) is 18.1 Å². The van der Waals surface area contributed by atoms with Crippen LogP contribution in [0.15, 0.2) is 45.8 Å². The fraction of sp³-hybridized carbons (Fsp3) is 0.500. The fourth-order valence-electron chi connectivity index (χ4n) is 2.97. The van der Waals surface area contributed by atoms with Crippen LogP contribution in [0, 0.1) is 0 Å². The molecule has 0 amide bonds. The number of hydrogen-bond acceptors (Lipinski definition) is 4. The fourth-order valence-corrected chi connectivity index (χ4v) is 4.58. The SMILES string of the molecule is CC1(C)COC(c2oc([Si](C)(C)C(C)(C)C)cc2C(O)c2ccccc2)=N1. The number of rotatable bonds is 4. The Morgan fingerprint density at radius 2 is 1.78 bits per heavy atom. The molecule has 1 N–H and O–H groups in total. The standard InChI is InChI=1S/C22H31NO3Si/c1-21(2,3)27(6,7)17-13-16(18(24)15-11-9-8-10-12-15)19(26-17)20-23-22(4,5)14-25-20/h8-13,18,24H,14H2,1-7H3. The Kier molecular flexibility index (Phi) is 4.89. The first kappa shape index (κ1) is 19.9. The van der Waals surface area contributed by atoms with Crippen LogP contribution >= 0.6 is 0 Å². The first-order chi connectivity index (χ1) is 12.4. The van der Waals surface area contributed by atoms with Gasteiger partial charge in [0, 0.05) is 5.56 Å². The number of furan rings is 1. The zero-order chi connectivity index (χ0) is 20.0. The van der Waals surface area contributed by atoms with Crippen molar-refractivity contribution < 1.29 is 14.3 Å². The third kappa shape index (κ3) is 3.76. The molecule has 0 aliphatic carbocycles. The van der Waals surface area contributed by atoms with Gasteiger partial charge in [-0.1, -0.05) is 64.2 Å². The average Bonchev–Trinajstić information content (AvgIpc) is 3.17. The molecule has 5 heteroatoms. The largest absolute Gasteiger partial charge is 0.473 e. The number of benzene rings is 1. The van der Waals surface area contributed by atoms with E-state index < -0.39 is 14.2 Å². The van der Waals surface area contributed by atoms with Crippen LogP contribution in [0.1, 0.15) is 57.6 Å². The molecule has 0 saturated heterocycles. The second-order valence-electron chi connectivity index (χ2n) is 9.60. The van der Waals surface area contributed by atoms with E-state index in [-0.39, 0.29) is 10.6 Å². The van der Waals surface area contributed by atoms with Gasteiger partial charge in [-0.3, -0.25) is 0 Å². The van der Waals surface area contributed by atoms with Gasteiger partial charge in [-0.25, -0.2) is 4.99 Å². The topological polar surface area (TPSA) is 55.0 Å². The van der Waals surface area contributed by atoms with E-state index in [1.807, 2.05) is 50.2 Å². The minimum absolute atomic E-state index is 0.120. The molecule has 3 rings (SSSR count). The maximum atomic E-state index is 11.1. The molecule has 1 atom stereocenters. The first-order valence-corrected chi connectivity index (χ1v) is 12.5. The minimum Gasteiger partial charge on any atom is -0.473 e. The predicted octanol–water partition coefficient (Wildman–Crippen LogP) is 4.63. The Labute approximate surface area is 163 Å². The lowest BCUT2D eigenvalue weighted by atomic mass is 10.0. The van der Waals surface area contributed by atoms with Crippen molar-refractivity contribution in [1.82, 2.24) is 0 Å². The quantitative estimate of drug-likeness (QED) is 0.781. The minimum atomic E-state index is -1.91. The summed E-state index contributed by atoms with van der Waals surface area (Å²) in [6, 6.07) is 11.7. The zero-order valence-electron chi connectivity index (χ0n) is 17.5. The molecule has 0 bridgehead atoms. The summed E-state index contributed by atoms with van der Waals surface area (Å²) in [6.07, 6.45) is -0.779. The molecular weight excluding hydrogens is 354 g/mol. The van der Waals surface area contributed by atoms with Crippen LogP contribution < -0.4 is 5.38 Å². The molecule has 146 valence electrons. The van der Waals surface area contributed by atoms with Gasteiger partial charge in [0.05, 0.1) is 10.9 Å². The monoisotopic (exact) mass is 385 g/mol. The second kappa shape index (κ2) is 6.64. The number of aliphatic hydroxyl groups excluding tert-OH is 1. The molecule has 1 aliphatic rings. The molecule has 4 nitrogen and oxygen atoms in total. The third-order valence-electron chi connectivity index (χ3n) is 5.82. The van der Waals surface area contributed by atoms with Crippen LogP contribution in [-0.2, 0) is 4.74 Å². The number of hydrogen-bond donors (Lipinski definition) is 1. The Bertz CT molecular complexity index is 844. The highest BCUT2D eigenvalue weighted by Crippen LogP contribution is 2.38. The number of ether oxygens (including phenoxy) is 1. The summed E-state index contributed by atoms with van der Waals surface area (Å²) in [5.74, 6) is 1.06. The van der Waals surface area contributed by atoms with E-state index in [1.54, 1.807) is 0 Å². The Morgan fingerprint density at radius 3 is 2.30 bits per heavy atom. The van der Waals surface area contributed by atoms with Crippen molar-refractivity contribution in [3.8, 4) is 0 Å². The molecule has 2 aromatic rings. The average molecular weight is 386 g/mol. The summed E-state index contributed by atoms with van der Waals surface area (Å²) in [5, 5.41) is 12.2. The molecule has 0 spiro atoms. The normalized spacial score (nSPS) is 18.1. The van der Waals surface area contributed by atoms with Crippen molar-refractivity contribution in [1.29, 1.82) is 0 Å². The number of nitrogens with zero attached hydrogens (tertiary/aromatic N) is 1. The third-order valence-corrected chi connectivity index (χ3v) is 11.1. The van der Waals surface area contributed by atoms with E-state index in [2.05, 4.69) is 38.9 Å². The molecule has 1 aromatic heterocycles. The second-order valence-corrected chi connectivity index (χ2v) is 14.8. The van der Waals surface area contributed by atoms with Crippen molar-refractivity contribution in [2.24, 2.45) is 4.99 Å². The van der Waals surface area contributed by atoms with E-state index in [9.17, 15) is 5.11 Å². The smallest absolute Gasteiger partial charge is 0.254 e.